The number of nitrogens with zero attached hydrogens (tertiary/aromatic N) is 5. The normalized spacial score (nSPS) is 15.4. The minimum atomic E-state index is -0.383. The van der Waals surface area contributed by atoms with E-state index in [-0.39, 0.29) is 5.60 Å². The number of hydrogen-bond donors (Lipinski definition) is 1. The van der Waals surface area contributed by atoms with Crippen molar-refractivity contribution in [2.45, 2.75) is 10.5 Å². The van der Waals surface area contributed by atoms with Crippen molar-refractivity contribution >= 4 is 28.5 Å². The van der Waals surface area contributed by atoms with Gasteiger partial charge >= 0.3 is 0 Å². The van der Waals surface area contributed by atoms with Gasteiger partial charge in [-0.15, -0.1) is 0 Å². The fraction of sp³-hybridized carbons (Fsp3) is 0.250. The molecule has 0 bridgehead atoms. The molecule has 1 fully saturated rings. The number of para-hydroxylation sites is 1. The van der Waals surface area contributed by atoms with E-state index in [1.807, 2.05) is 54.6 Å². The van der Waals surface area contributed by atoms with Crippen LogP contribution in [0.5, 0.6) is 0 Å². The van der Waals surface area contributed by atoms with E-state index >= 15 is 0 Å². The largest absolute Gasteiger partial charge is 0.375 e. The molecule has 1 aromatic carbocycles. The fourth-order valence-corrected chi connectivity index (χ4v) is 4.08. The van der Waals surface area contributed by atoms with Gasteiger partial charge in [-0.3, -0.25) is 4.68 Å². The Bertz CT molecular complexity index is 1160. The van der Waals surface area contributed by atoms with Gasteiger partial charge in [-0.05, 0) is 35.7 Å². The number of hydrogen-bond acceptors (Lipinski definition) is 7. The Morgan fingerprint density at radius 2 is 2.10 bits per heavy atom. The van der Waals surface area contributed by atoms with E-state index in [1.54, 1.807) is 18.0 Å². The lowest BCUT2D eigenvalue weighted by atomic mass is 9.92. The van der Waals surface area contributed by atoms with Crippen LogP contribution in [0.2, 0.25) is 0 Å². The molecule has 3 aromatic heterocycles. The molecule has 0 amide bonds. The Morgan fingerprint density at radius 3 is 2.90 bits per heavy atom. The summed E-state index contributed by atoms with van der Waals surface area (Å²) in [5.41, 5.74) is 2.73. The highest BCUT2D eigenvalue weighted by molar-refractivity contribution is 8.00. The van der Waals surface area contributed by atoms with Gasteiger partial charge in [0.2, 0.25) is 0 Å². The number of ether oxygens (including phenoxy) is 2. The summed E-state index contributed by atoms with van der Waals surface area (Å²) < 4.78 is 18.1. The van der Waals surface area contributed by atoms with Gasteiger partial charge in [0.1, 0.15) is 5.60 Å². The van der Waals surface area contributed by atoms with E-state index in [4.69, 9.17) is 9.47 Å². The quantitative estimate of drug-likeness (QED) is 0.491. The van der Waals surface area contributed by atoms with Gasteiger partial charge in [0.25, 0.3) is 0 Å². The van der Waals surface area contributed by atoms with E-state index in [1.165, 1.54) is 11.9 Å². The number of aryl methyl sites for hydroxylation is 1. The second-order valence-electron chi connectivity index (χ2n) is 6.93. The Hall–Kier alpha value is -2.88. The zero-order valence-corrected chi connectivity index (χ0v) is 16.9. The molecule has 4 heterocycles. The van der Waals surface area contributed by atoms with E-state index in [0.717, 1.165) is 32.9 Å². The molecule has 0 aliphatic carbocycles. The Morgan fingerprint density at radius 1 is 1.21 bits per heavy atom. The summed E-state index contributed by atoms with van der Waals surface area (Å²) >= 11 is 1.50. The van der Waals surface area contributed by atoms with Crippen molar-refractivity contribution in [1.82, 2.24) is 24.5 Å². The van der Waals surface area contributed by atoms with Crippen molar-refractivity contribution in [3.05, 3.63) is 60.7 Å². The number of rotatable bonds is 6. The van der Waals surface area contributed by atoms with E-state index in [9.17, 15) is 0 Å². The number of pyridine rings is 1. The van der Waals surface area contributed by atoms with Crippen molar-refractivity contribution in [1.29, 1.82) is 0 Å². The molecule has 1 aliphatic heterocycles. The lowest BCUT2D eigenvalue weighted by Crippen LogP contribution is -2.48. The number of anilines is 1. The monoisotopic (exact) mass is 408 g/mol. The van der Waals surface area contributed by atoms with Gasteiger partial charge < -0.3 is 14.2 Å². The number of benzene rings is 1. The van der Waals surface area contributed by atoms with Crippen LogP contribution in [-0.4, -0.2) is 44.9 Å². The molecule has 0 atom stereocenters. The summed E-state index contributed by atoms with van der Waals surface area (Å²) in [5.74, 6) is 0.742. The zero-order valence-electron chi connectivity index (χ0n) is 16.1. The molecule has 0 spiro atoms. The minimum absolute atomic E-state index is 0.383. The molecule has 0 saturated carbocycles. The second kappa shape index (κ2) is 7.18. The molecule has 29 heavy (non-hydrogen) atoms. The molecule has 148 valence electrons. The SMILES string of the molecule is COC1(c2ccnc(-n3cc(SNc4cccc5cnn(C)c45)cn3)c2)COC1. The van der Waals surface area contributed by atoms with Gasteiger partial charge in [-0.25, -0.2) is 9.67 Å². The van der Waals surface area contributed by atoms with E-state index in [0.29, 0.717) is 13.2 Å². The van der Waals surface area contributed by atoms with Crippen LogP contribution in [0.3, 0.4) is 0 Å². The number of fused-ring (bicyclic) bond motifs is 1. The number of nitrogens with one attached hydrogen (secondary N) is 1. The molecular weight excluding hydrogens is 388 g/mol. The summed E-state index contributed by atoms with van der Waals surface area (Å²) in [7, 11) is 3.65. The highest BCUT2D eigenvalue weighted by atomic mass is 32.2. The molecule has 1 saturated heterocycles. The van der Waals surface area contributed by atoms with Crippen LogP contribution in [0.4, 0.5) is 5.69 Å². The topological polar surface area (TPSA) is 79.0 Å². The van der Waals surface area contributed by atoms with Gasteiger partial charge in [0.15, 0.2) is 5.82 Å². The molecule has 9 heteroatoms. The minimum Gasteiger partial charge on any atom is -0.375 e. The van der Waals surface area contributed by atoms with Crippen LogP contribution in [0.25, 0.3) is 16.7 Å². The lowest BCUT2D eigenvalue weighted by Gasteiger charge is -2.40. The first-order valence-corrected chi connectivity index (χ1v) is 9.98. The molecule has 4 aromatic rings. The van der Waals surface area contributed by atoms with Gasteiger partial charge in [0, 0.05) is 31.9 Å². The summed E-state index contributed by atoms with van der Waals surface area (Å²) in [6, 6.07) is 10.1. The van der Waals surface area contributed by atoms with Gasteiger partial charge in [-0.1, -0.05) is 12.1 Å². The van der Waals surface area contributed by atoms with E-state index < -0.39 is 0 Å². The maximum atomic E-state index is 5.68. The Balaban J connectivity index is 1.35. The van der Waals surface area contributed by atoms with Crippen LogP contribution < -0.4 is 4.72 Å². The molecule has 8 nitrogen and oxygen atoms in total. The van der Waals surface area contributed by atoms with Crippen LogP contribution in [0.15, 0.2) is 60.0 Å². The molecule has 5 rings (SSSR count). The van der Waals surface area contributed by atoms with Crippen LogP contribution in [0, 0.1) is 0 Å². The maximum Gasteiger partial charge on any atom is 0.153 e. The zero-order chi connectivity index (χ0) is 19.8. The number of methoxy groups -OCH3 is 1. The molecular formula is C20H20N6O2S. The molecule has 1 N–H and O–H groups in total. The molecule has 0 radical (unpaired) electrons. The number of aromatic nitrogens is 5. The first-order chi connectivity index (χ1) is 14.2. The van der Waals surface area contributed by atoms with Crippen molar-refractivity contribution in [2.75, 3.05) is 25.0 Å². The third-order valence-electron chi connectivity index (χ3n) is 5.17. The standard InChI is InChI=1S/C20H20N6O2S/c1-25-19-14(9-22-25)4-3-5-17(19)24-29-16-10-23-26(11-16)18-8-15(6-7-21-18)20(27-2)12-28-13-20/h3-11,24H,12-13H2,1-2H3. The van der Waals surface area contributed by atoms with Crippen molar-refractivity contribution < 1.29 is 9.47 Å². The second-order valence-corrected chi connectivity index (χ2v) is 7.81. The highest BCUT2D eigenvalue weighted by Gasteiger charge is 2.40. The molecule has 1 aliphatic rings. The average Bonchev–Trinajstić information content (AvgIpc) is 3.34. The summed E-state index contributed by atoms with van der Waals surface area (Å²) in [4.78, 5) is 5.43. The predicted octanol–water partition coefficient (Wildman–Crippen LogP) is 3.15. The lowest BCUT2D eigenvalue weighted by molar-refractivity contribution is -0.202. The third-order valence-corrected chi connectivity index (χ3v) is 5.93. The maximum absolute atomic E-state index is 5.68. The van der Waals surface area contributed by atoms with Crippen molar-refractivity contribution in [2.24, 2.45) is 7.05 Å². The smallest absolute Gasteiger partial charge is 0.153 e. The first kappa shape index (κ1) is 18.2. The third kappa shape index (κ3) is 3.17. The van der Waals surface area contributed by atoms with Crippen LogP contribution in [-0.2, 0) is 22.1 Å². The first-order valence-electron chi connectivity index (χ1n) is 9.17. The van der Waals surface area contributed by atoms with Crippen LogP contribution in [0.1, 0.15) is 5.56 Å². The summed E-state index contributed by atoms with van der Waals surface area (Å²) in [6.07, 6.45) is 7.40. The van der Waals surface area contributed by atoms with Crippen LogP contribution >= 0.6 is 11.9 Å². The van der Waals surface area contributed by atoms with Crippen molar-refractivity contribution in [3.8, 4) is 5.82 Å². The summed E-state index contributed by atoms with van der Waals surface area (Å²) in [5, 5.41) is 9.89. The average molecular weight is 408 g/mol. The Labute approximate surface area is 172 Å². The molecule has 0 unspecified atom stereocenters. The highest BCUT2D eigenvalue weighted by Crippen LogP contribution is 2.33. The van der Waals surface area contributed by atoms with Crippen molar-refractivity contribution in [3.63, 3.8) is 0 Å². The summed E-state index contributed by atoms with van der Waals surface area (Å²) in [6.45, 7) is 1.10. The van der Waals surface area contributed by atoms with Gasteiger partial charge in [0.05, 0.1) is 41.7 Å². The Kier molecular flexibility index (Phi) is 4.50. The fourth-order valence-electron chi connectivity index (χ4n) is 3.43. The van der Waals surface area contributed by atoms with Gasteiger partial charge in [-0.2, -0.15) is 10.2 Å². The predicted molar refractivity (Wildman–Crippen MR) is 111 cm³/mol. The van der Waals surface area contributed by atoms with E-state index in [2.05, 4.69) is 26.0 Å².